The van der Waals surface area contributed by atoms with Gasteiger partial charge in [0.1, 0.15) is 12.2 Å². The molecule has 0 spiro atoms. The summed E-state index contributed by atoms with van der Waals surface area (Å²) in [6, 6.07) is 0. The van der Waals surface area contributed by atoms with Crippen LogP contribution in [0, 0.1) is 0 Å². The first-order valence-corrected chi connectivity index (χ1v) is 6.83. The number of aliphatic carboxylic acids is 1. The lowest BCUT2D eigenvalue weighted by Gasteiger charge is -2.19. The van der Waals surface area contributed by atoms with Gasteiger partial charge in [-0.3, -0.25) is 14.4 Å². The molecule has 0 amide bonds. The molecule has 0 saturated heterocycles. The van der Waals surface area contributed by atoms with Crippen molar-refractivity contribution in [1.29, 1.82) is 0 Å². The van der Waals surface area contributed by atoms with Crippen LogP contribution in [0.15, 0.2) is 0 Å². The second-order valence-electron chi connectivity index (χ2n) is 5.40. The molecule has 0 unspecified atom stereocenters. The molecule has 0 saturated carbocycles. The zero-order valence-electron chi connectivity index (χ0n) is 13.0. The highest BCUT2D eigenvalue weighted by Crippen LogP contribution is 2.08. The van der Waals surface area contributed by atoms with E-state index in [1.807, 2.05) is 0 Å². The quantitative estimate of drug-likeness (QED) is 0.356. The van der Waals surface area contributed by atoms with Gasteiger partial charge in [-0.2, -0.15) is 0 Å². The van der Waals surface area contributed by atoms with E-state index in [2.05, 4.69) is 0 Å². The zero-order chi connectivity index (χ0) is 17.2. The molecule has 8 nitrogen and oxygen atoms in total. The molecule has 22 heavy (non-hydrogen) atoms. The van der Waals surface area contributed by atoms with E-state index in [1.54, 1.807) is 20.8 Å². The number of rotatable bonds is 10. The van der Waals surface area contributed by atoms with E-state index in [-0.39, 0.29) is 38.6 Å². The van der Waals surface area contributed by atoms with E-state index in [0.717, 1.165) is 0 Å². The Balaban J connectivity index is 3.57. The van der Waals surface area contributed by atoms with E-state index >= 15 is 0 Å². The van der Waals surface area contributed by atoms with Gasteiger partial charge in [-0.25, -0.2) is 4.79 Å². The lowest BCUT2D eigenvalue weighted by molar-refractivity contribution is -0.157. The molecule has 0 radical (unpaired) electrons. The van der Waals surface area contributed by atoms with Gasteiger partial charge < -0.3 is 19.3 Å². The fraction of sp³-hybridized carbons (Fsp3) is 0.714. The molecular formula is C14H22O8. The van der Waals surface area contributed by atoms with Crippen LogP contribution in [0.1, 0.15) is 40.0 Å². The zero-order valence-corrected chi connectivity index (χ0v) is 13.0. The first kappa shape index (κ1) is 20.0. The van der Waals surface area contributed by atoms with Crippen molar-refractivity contribution < 1.29 is 38.5 Å². The molecule has 0 aromatic heterocycles. The largest absolute Gasteiger partial charge is 0.476 e. The molecular weight excluding hydrogens is 296 g/mol. The highest BCUT2D eigenvalue weighted by atomic mass is 16.6. The van der Waals surface area contributed by atoms with Crippen molar-refractivity contribution >= 4 is 23.7 Å². The van der Waals surface area contributed by atoms with Gasteiger partial charge in [0.25, 0.3) is 0 Å². The number of hydrogen-bond acceptors (Lipinski definition) is 7. The molecule has 0 aromatic rings. The fourth-order valence-electron chi connectivity index (χ4n) is 1.26. The van der Waals surface area contributed by atoms with Crippen LogP contribution in [0.5, 0.6) is 0 Å². The van der Waals surface area contributed by atoms with Crippen molar-refractivity contribution in [1.82, 2.24) is 0 Å². The van der Waals surface area contributed by atoms with Gasteiger partial charge >= 0.3 is 17.9 Å². The van der Waals surface area contributed by atoms with E-state index in [0.29, 0.717) is 0 Å². The molecule has 0 aliphatic rings. The SMILES string of the molecule is CC(C)(C)OC(=O)CCOCCOC(=O)CCC(=O)C(=O)O. The van der Waals surface area contributed by atoms with Crippen LogP contribution in [0.2, 0.25) is 0 Å². The number of ketones is 1. The molecule has 0 aromatic carbocycles. The summed E-state index contributed by atoms with van der Waals surface area (Å²) in [5.41, 5.74) is -0.542. The Morgan fingerprint density at radius 1 is 0.864 bits per heavy atom. The summed E-state index contributed by atoms with van der Waals surface area (Å²) in [5, 5.41) is 8.32. The summed E-state index contributed by atoms with van der Waals surface area (Å²) in [6.07, 6.45) is -0.588. The molecule has 0 heterocycles. The van der Waals surface area contributed by atoms with Crippen molar-refractivity contribution in [3.05, 3.63) is 0 Å². The van der Waals surface area contributed by atoms with E-state index < -0.39 is 29.7 Å². The normalized spacial score (nSPS) is 10.9. The molecule has 8 heteroatoms. The highest BCUT2D eigenvalue weighted by molar-refractivity contribution is 6.32. The predicted molar refractivity (Wildman–Crippen MR) is 74.1 cm³/mol. The van der Waals surface area contributed by atoms with Crippen LogP contribution >= 0.6 is 0 Å². The molecule has 0 aliphatic carbocycles. The van der Waals surface area contributed by atoms with Crippen LogP contribution in [0.25, 0.3) is 0 Å². The molecule has 0 atom stereocenters. The topological polar surface area (TPSA) is 116 Å². The minimum absolute atomic E-state index is 0.0333. The van der Waals surface area contributed by atoms with E-state index in [9.17, 15) is 19.2 Å². The second kappa shape index (κ2) is 9.88. The number of Topliss-reactive ketones (excluding diaryl/α,β-unsaturated/α-hetero) is 1. The van der Waals surface area contributed by atoms with E-state index in [4.69, 9.17) is 19.3 Å². The summed E-state index contributed by atoms with van der Waals surface area (Å²) in [5.74, 6) is -3.66. The minimum atomic E-state index is -1.57. The molecule has 1 N–H and O–H groups in total. The average Bonchev–Trinajstić information content (AvgIpc) is 2.37. The van der Waals surface area contributed by atoms with Gasteiger partial charge in [0, 0.05) is 6.42 Å². The summed E-state index contributed by atoms with van der Waals surface area (Å²) in [4.78, 5) is 43.5. The highest BCUT2D eigenvalue weighted by Gasteiger charge is 2.16. The third-order valence-electron chi connectivity index (χ3n) is 2.16. The van der Waals surface area contributed by atoms with Gasteiger partial charge in [-0.15, -0.1) is 0 Å². The van der Waals surface area contributed by atoms with Crippen LogP contribution in [0.4, 0.5) is 0 Å². The fourth-order valence-corrected chi connectivity index (χ4v) is 1.26. The summed E-state index contributed by atoms with van der Waals surface area (Å²) >= 11 is 0. The van der Waals surface area contributed by atoms with Gasteiger partial charge in [0.2, 0.25) is 5.78 Å². The minimum Gasteiger partial charge on any atom is -0.476 e. The third kappa shape index (κ3) is 11.8. The standard InChI is InChI=1S/C14H22O8/c1-14(2,3)22-12(17)6-7-20-8-9-21-11(16)5-4-10(15)13(18)19/h4-9H2,1-3H3,(H,18,19). The molecule has 0 bridgehead atoms. The molecule has 126 valence electrons. The summed E-state index contributed by atoms with van der Waals surface area (Å²) < 4.78 is 14.9. The molecule has 0 fully saturated rings. The Morgan fingerprint density at radius 2 is 1.50 bits per heavy atom. The lowest BCUT2D eigenvalue weighted by Crippen LogP contribution is -2.24. The maximum absolute atomic E-state index is 11.3. The van der Waals surface area contributed by atoms with Crippen molar-refractivity contribution in [2.24, 2.45) is 0 Å². The van der Waals surface area contributed by atoms with Gasteiger partial charge in [0.15, 0.2) is 0 Å². The predicted octanol–water partition coefficient (Wildman–Crippen LogP) is 0.712. The second-order valence-corrected chi connectivity index (χ2v) is 5.40. The Bertz CT molecular complexity index is 408. The van der Waals surface area contributed by atoms with Crippen molar-refractivity contribution in [3.63, 3.8) is 0 Å². The maximum atomic E-state index is 11.3. The van der Waals surface area contributed by atoms with Crippen LogP contribution in [0.3, 0.4) is 0 Å². The number of carboxylic acid groups (broad SMARTS) is 1. The monoisotopic (exact) mass is 318 g/mol. The number of carboxylic acids is 1. The average molecular weight is 318 g/mol. The van der Waals surface area contributed by atoms with Crippen molar-refractivity contribution in [2.45, 2.75) is 45.6 Å². The molecule has 0 aliphatic heterocycles. The number of carbonyl (C=O) groups excluding carboxylic acids is 3. The van der Waals surface area contributed by atoms with Gasteiger partial charge in [-0.05, 0) is 20.8 Å². The smallest absolute Gasteiger partial charge is 0.372 e. The first-order chi connectivity index (χ1) is 10.1. The Hall–Kier alpha value is -1.96. The van der Waals surface area contributed by atoms with Crippen molar-refractivity contribution in [2.75, 3.05) is 19.8 Å². The Kier molecular flexibility index (Phi) is 9.00. The summed E-state index contributed by atoms with van der Waals surface area (Å²) in [7, 11) is 0. The van der Waals surface area contributed by atoms with Gasteiger partial charge in [-0.1, -0.05) is 0 Å². The summed E-state index contributed by atoms with van der Waals surface area (Å²) in [6.45, 7) is 5.50. The maximum Gasteiger partial charge on any atom is 0.372 e. The number of carbonyl (C=O) groups is 4. The Morgan fingerprint density at radius 3 is 2.05 bits per heavy atom. The van der Waals surface area contributed by atoms with E-state index in [1.165, 1.54) is 0 Å². The van der Waals surface area contributed by atoms with Crippen LogP contribution < -0.4 is 0 Å². The van der Waals surface area contributed by atoms with Crippen LogP contribution in [-0.4, -0.2) is 54.2 Å². The number of esters is 2. The first-order valence-electron chi connectivity index (χ1n) is 6.83. The lowest BCUT2D eigenvalue weighted by atomic mass is 10.2. The van der Waals surface area contributed by atoms with Crippen molar-refractivity contribution in [3.8, 4) is 0 Å². The van der Waals surface area contributed by atoms with Gasteiger partial charge in [0.05, 0.1) is 26.1 Å². The third-order valence-corrected chi connectivity index (χ3v) is 2.16. The van der Waals surface area contributed by atoms with Crippen LogP contribution in [-0.2, 0) is 33.4 Å². The molecule has 0 rings (SSSR count). The number of hydrogen-bond donors (Lipinski definition) is 1. The number of ether oxygens (including phenoxy) is 3. The Labute approximate surface area is 128 Å².